The zero-order chi connectivity index (χ0) is 15.5. The molecule has 1 amide bonds. The summed E-state index contributed by atoms with van der Waals surface area (Å²) in [5.74, 6) is 0.796. The Morgan fingerprint density at radius 2 is 2.05 bits per heavy atom. The summed E-state index contributed by atoms with van der Waals surface area (Å²) in [5.41, 5.74) is 1.93. The lowest BCUT2D eigenvalue weighted by Crippen LogP contribution is -2.33. The van der Waals surface area contributed by atoms with Crippen molar-refractivity contribution in [3.63, 3.8) is 0 Å². The van der Waals surface area contributed by atoms with Crippen LogP contribution in [-0.2, 0) is 11.2 Å². The quantitative estimate of drug-likeness (QED) is 0.863. The van der Waals surface area contributed by atoms with Gasteiger partial charge < -0.3 is 10.1 Å². The summed E-state index contributed by atoms with van der Waals surface area (Å²) < 4.78 is 6.61. The molecule has 1 aliphatic heterocycles. The smallest absolute Gasteiger partial charge is 0.224 e. The van der Waals surface area contributed by atoms with Gasteiger partial charge >= 0.3 is 0 Å². The number of rotatable bonds is 3. The van der Waals surface area contributed by atoms with Crippen molar-refractivity contribution in [2.24, 2.45) is 0 Å². The molecule has 1 aliphatic rings. The van der Waals surface area contributed by atoms with Crippen LogP contribution in [0.25, 0.3) is 0 Å². The van der Waals surface area contributed by atoms with Gasteiger partial charge in [-0.2, -0.15) is 0 Å². The van der Waals surface area contributed by atoms with Crippen LogP contribution in [-0.4, -0.2) is 12.5 Å². The van der Waals surface area contributed by atoms with Crippen molar-refractivity contribution < 1.29 is 9.53 Å². The standard InChI is InChI=1S/C17H15BrClNO2/c18-12-3-1-11(2-4-12)9-17(21)20-15-7-8-22-16-6-5-13(19)10-14(15)16/h1-6,10,15H,7-9H2,(H,20,21). The Morgan fingerprint density at radius 3 is 2.82 bits per heavy atom. The molecule has 0 aliphatic carbocycles. The maximum Gasteiger partial charge on any atom is 0.224 e. The molecule has 1 heterocycles. The Kier molecular flexibility index (Phi) is 4.69. The highest BCUT2D eigenvalue weighted by atomic mass is 79.9. The Labute approximate surface area is 142 Å². The molecule has 5 heteroatoms. The number of hydrogen-bond acceptors (Lipinski definition) is 2. The molecule has 3 rings (SSSR count). The SMILES string of the molecule is O=C(Cc1ccc(Br)cc1)NC1CCOc2ccc(Cl)cc21. The van der Waals surface area contributed by atoms with Gasteiger partial charge in [0.25, 0.3) is 0 Å². The Hall–Kier alpha value is -1.52. The van der Waals surface area contributed by atoms with E-state index in [0.29, 0.717) is 18.1 Å². The minimum atomic E-state index is -0.0506. The highest BCUT2D eigenvalue weighted by Gasteiger charge is 2.23. The first-order valence-corrected chi connectivity index (χ1v) is 8.25. The predicted molar refractivity (Wildman–Crippen MR) is 90.3 cm³/mol. The van der Waals surface area contributed by atoms with Crippen LogP contribution in [0.5, 0.6) is 5.75 Å². The van der Waals surface area contributed by atoms with Gasteiger partial charge in [-0.15, -0.1) is 0 Å². The number of nitrogens with one attached hydrogen (secondary N) is 1. The van der Waals surface area contributed by atoms with Crippen LogP contribution in [0.2, 0.25) is 5.02 Å². The van der Waals surface area contributed by atoms with Crippen LogP contribution in [0.1, 0.15) is 23.6 Å². The van der Waals surface area contributed by atoms with Gasteiger partial charge in [-0.3, -0.25) is 4.79 Å². The second-order valence-electron chi connectivity index (χ2n) is 5.24. The molecule has 22 heavy (non-hydrogen) atoms. The van der Waals surface area contributed by atoms with Crippen molar-refractivity contribution in [3.05, 3.63) is 63.1 Å². The lowest BCUT2D eigenvalue weighted by Gasteiger charge is -2.27. The first kappa shape index (κ1) is 15.4. The minimum Gasteiger partial charge on any atom is -0.493 e. The van der Waals surface area contributed by atoms with E-state index in [9.17, 15) is 4.79 Å². The van der Waals surface area contributed by atoms with Crippen molar-refractivity contribution >= 4 is 33.4 Å². The second-order valence-corrected chi connectivity index (χ2v) is 6.59. The van der Waals surface area contributed by atoms with Gasteiger partial charge in [-0.25, -0.2) is 0 Å². The fourth-order valence-electron chi connectivity index (χ4n) is 2.55. The van der Waals surface area contributed by atoms with Gasteiger partial charge in [0, 0.05) is 21.5 Å². The molecule has 114 valence electrons. The number of ether oxygens (including phenoxy) is 1. The molecular formula is C17H15BrClNO2. The lowest BCUT2D eigenvalue weighted by atomic mass is 10.00. The molecule has 1 atom stereocenters. The summed E-state index contributed by atoms with van der Waals surface area (Å²) in [4.78, 5) is 12.3. The number of amides is 1. The fourth-order valence-corrected chi connectivity index (χ4v) is 2.99. The average molecular weight is 381 g/mol. The monoisotopic (exact) mass is 379 g/mol. The fraction of sp³-hybridized carbons (Fsp3) is 0.235. The molecule has 0 radical (unpaired) electrons. The van der Waals surface area contributed by atoms with Crippen LogP contribution < -0.4 is 10.1 Å². The van der Waals surface area contributed by atoms with Crippen molar-refractivity contribution in [2.45, 2.75) is 18.9 Å². The van der Waals surface area contributed by atoms with Gasteiger partial charge in [0.15, 0.2) is 0 Å². The van der Waals surface area contributed by atoms with E-state index >= 15 is 0 Å². The number of carbonyl (C=O) groups excluding carboxylic acids is 1. The first-order valence-electron chi connectivity index (χ1n) is 7.08. The molecule has 0 saturated carbocycles. The second kappa shape index (κ2) is 6.71. The zero-order valence-corrected chi connectivity index (χ0v) is 14.2. The van der Waals surface area contributed by atoms with Crippen molar-refractivity contribution in [1.82, 2.24) is 5.32 Å². The molecule has 1 N–H and O–H groups in total. The molecule has 3 nitrogen and oxygen atoms in total. The van der Waals surface area contributed by atoms with Crippen LogP contribution >= 0.6 is 27.5 Å². The first-order chi connectivity index (χ1) is 10.6. The van der Waals surface area contributed by atoms with Crippen LogP contribution in [0.4, 0.5) is 0 Å². The molecule has 2 aromatic carbocycles. The number of benzene rings is 2. The van der Waals surface area contributed by atoms with Gasteiger partial charge in [0.2, 0.25) is 5.91 Å². The normalized spacial score (nSPS) is 16.5. The summed E-state index contributed by atoms with van der Waals surface area (Å²) in [6.07, 6.45) is 1.11. The molecule has 0 aromatic heterocycles. The lowest BCUT2D eigenvalue weighted by molar-refractivity contribution is -0.121. The third kappa shape index (κ3) is 3.62. The summed E-state index contributed by atoms with van der Waals surface area (Å²) >= 11 is 9.44. The van der Waals surface area contributed by atoms with E-state index in [4.69, 9.17) is 16.3 Å². The van der Waals surface area contributed by atoms with Gasteiger partial charge in [0.05, 0.1) is 19.1 Å². The summed E-state index contributed by atoms with van der Waals surface area (Å²) in [6.45, 7) is 0.595. The maximum absolute atomic E-state index is 12.3. The number of hydrogen-bond donors (Lipinski definition) is 1. The molecule has 1 unspecified atom stereocenters. The highest BCUT2D eigenvalue weighted by molar-refractivity contribution is 9.10. The van der Waals surface area contributed by atoms with Gasteiger partial charge in [-0.1, -0.05) is 39.7 Å². The third-order valence-electron chi connectivity index (χ3n) is 3.62. The predicted octanol–water partition coefficient (Wildman–Crippen LogP) is 4.29. The molecule has 0 fully saturated rings. The van der Waals surface area contributed by atoms with Gasteiger partial charge in [-0.05, 0) is 35.9 Å². The van der Waals surface area contributed by atoms with Crippen molar-refractivity contribution in [3.8, 4) is 5.75 Å². The van der Waals surface area contributed by atoms with E-state index in [1.807, 2.05) is 36.4 Å². The topological polar surface area (TPSA) is 38.3 Å². The summed E-state index contributed by atoms with van der Waals surface area (Å²) in [5, 5.41) is 3.73. The maximum atomic E-state index is 12.3. The van der Waals surface area contributed by atoms with Crippen molar-refractivity contribution in [2.75, 3.05) is 6.61 Å². The Morgan fingerprint density at radius 1 is 1.27 bits per heavy atom. The Bertz CT molecular complexity index is 688. The van der Waals surface area contributed by atoms with Gasteiger partial charge in [0.1, 0.15) is 5.75 Å². The van der Waals surface area contributed by atoms with E-state index in [-0.39, 0.29) is 11.9 Å². The van der Waals surface area contributed by atoms with Crippen LogP contribution in [0, 0.1) is 0 Å². The van der Waals surface area contributed by atoms with E-state index in [2.05, 4.69) is 21.2 Å². The summed E-state index contributed by atoms with van der Waals surface area (Å²) in [6, 6.07) is 13.2. The molecule has 0 saturated heterocycles. The number of halogens is 2. The molecule has 2 aromatic rings. The van der Waals surface area contributed by atoms with E-state index in [1.165, 1.54) is 0 Å². The van der Waals surface area contributed by atoms with Crippen LogP contribution in [0.3, 0.4) is 0 Å². The Balaban J connectivity index is 1.70. The average Bonchev–Trinajstić information content (AvgIpc) is 2.50. The minimum absolute atomic E-state index is 0.000137. The van der Waals surface area contributed by atoms with Crippen LogP contribution in [0.15, 0.2) is 46.9 Å². The van der Waals surface area contributed by atoms with Crippen molar-refractivity contribution in [1.29, 1.82) is 0 Å². The zero-order valence-electron chi connectivity index (χ0n) is 11.8. The number of fused-ring (bicyclic) bond motifs is 1. The van der Waals surface area contributed by atoms with E-state index < -0.39 is 0 Å². The largest absolute Gasteiger partial charge is 0.493 e. The van der Waals surface area contributed by atoms with E-state index in [0.717, 1.165) is 27.8 Å². The summed E-state index contributed by atoms with van der Waals surface area (Å²) in [7, 11) is 0. The molecule has 0 spiro atoms. The van der Waals surface area contributed by atoms with E-state index in [1.54, 1.807) is 6.07 Å². The number of carbonyl (C=O) groups is 1. The molecule has 0 bridgehead atoms. The highest BCUT2D eigenvalue weighted by Crippen LogP contribution is 2.34. The third-order valence-corrected chi connectivity index (χ3v) is 4.39. The molecular weight excluding hydrogens is 366 g/mol.